The third-order valence-electron chi connectivity index (χ3n) is 3.84. The Hall–Kier alpha value is -1.85. The Labute approximate surface area is 135 Å². The van der Waals surface area contributed by atoms with E-state index in [1.807, 2.05) is 24.3 Å². The standard InChI is InChI=1S/C16H19ClN4O/c1-21(2)12-9-14(10-12)22-13-5-3-11(4-6-13)19-16-18-8-7-15(17)20-16/h3-8,12,14H,9-10H2,1-2H3,(H,18,19,20). The highest BCUT2D eigenvalue weighted by Gasteiger charge is 2.32. The SMILES string of the molecule is CN(C)C1CC(Oc2ccc(Nc3nccc(Cl)n3)cc2)C1. The van der Waals surface area contributed by atoms with Crippen LogP contribution in [0.25, 0.3) is 0 Å². The van der Waals surface area contributed by atoms with Gasteiger partial charge in [-0.2, -0.15) is 0 Å². The van der Waals surface area contributed by atoms with Crippen LogP contribution in [0.1, 0.15) is 12.8 Å². The van der Waals surface area contributed by atoms with Gasteiger partial charge in [0.2, 0.25) is 5.95 Å². The first-order chi connectivity index (χ1) is 10.6. The molecule has 0 unspecified atom stereocenters. The van der Waals surface area contributed by atoms with Crippen LogP contribution >= 0.6 is 11.6 Å². The summed E-state index contributed by atoms with van der Waals surface area (Å²) in [6.45, 7) is 0. The molecular weight excluding hydrogens is 300 g/mol. The zero-order valence-electron chi connectivity index (χ0n) is 12.7. The van der Waals surface area contributed by atoms with Gasteiger partial charge in [0.1, 0.15) is 17.0 Å². The molecule has 116 valence electrons. The van der Waals surface area contributed by atoms with Crippen molar-refractivity contribution in [1.82, 2.24) is 14.9 Å². The van der Waals surface area contributed by atoms with Gasteiger partial charge in [0.15, 0.2) is 0 Å². The lowest BCUT2D eigenvalue weighted by Gasteiger charge is -2.39. The summed E-state index contributed by atoms with van der Waals surface area (Å²) in [5.41, 5.74) is 0.898. The van der Waals surface area contributed by atoms with Crippen LogP contribution in [0.2, 0.25) is 5.15 Å². The zero-order chi connectivity index (χ0) is 15.5. The second kappa shape index (κ2) is 6.50. The van der Waals surface area contributed by atoms with E-state index in [1.54, 1.807) is 12.3 Å². The number of ether oxygens (including phenoxy) is 1. The topological polar surface area (TPSA) is 50.3 Å². The summed E-state index contributed by atoms with van der Waals surface area (Å²) in [6.07, 6.45) is 4.11. The van der Waals surface area contributed by atoms with Gasteiger partial charge in [-0.3, -0.25) is 0 Å². The molecule has 0 aliphatic heterocycles. The average molecular weight is 319 g/mol. The average Bonchev–Trinajstić information content (AvgIpc) is 2.44. The van der Waals surface area contributed by atoms with E-state index in [4.69, 9.17) is 16.3 Å². The van der Waals surface area contributed by atoms with Gasteiger partial charge >= 0.3 is 0 Å². The van der Waals surface area contributed by atoms with Gasteiger partial charge in [-0.15, -0.1) is 0 Å². The minimum atomic E-state index is 0.322. The van der Waals surface area contributed by atoms with Gasteiger partial charge in [-0.05, 0) is 57.3 Å². The van der Waals surface area contributed by atoms with Crippen molar-refractivity contribution < 1.29 is 4.74 Å². The van der Waals surface area contributed by atoms with Gasteiger partial charge in [0.25, 0.3) is 0 Å². The van der Waals surface area contributed by atoms with Gasteiger partial charge in [-0.1, -0.05) is 11.6 Å². The van der Waals surface area contributed by atoms with Crippen LogP contribution in [0.3, 0.4) is 0 Å². The highest BCUT2D eigenvalue weighted by Crippen LogP contribution is 2.29. The van der Waals surface area contributed by atoms with Gasteiger partial charge in [-0.25, -0.2) is 9.97 Å². The minimum absolute atomic E-state index is 0.322. The van der Waals surface area contributed by atoms with Gasteiger partial charge in [0.05, 0.1) is 0 Å². The van der Waals surface area contributed by atoms with Gasteiger partial charge < -0.3 is 15.0 Å². The second-order valence-corrected chi connectivity index (χ2v) is 6.07. The summed E-state index contributed by atoms with van der Waals surface area (Å²) >= 11 is 5.84. The third kappa shape index (κ3) is 3.67. The third-order valence-corrected chi connectivity index (χ3v) is 4.05. The number of hydrogen-bond acceptors (Lipinski definition) is 5. The first-order valence-electron chi connectivity index (χ1n) is 7.29. The largest absolute Gasteiger partial charge is 0.490 e. The number of nitrogens with one attached hydrogen (secondary N) is 1. The number of rotatable bonds is 5. The van der Waals surface area contributed by atoms with Crippen molar-refractivity contribution in [2.45, 2.75) is 25.0 Å². The predicted molar refractivity (Wildman–Crippen MR) is 87.9 cm³/mol. The number of nitrogens with zero attached hydrogens (tertiary/aromatic N) is 3. The second-order valence-electron chi connectivity index (χ2n) is 5.68. The van der Waals surface area contributed by atoms with Crippen LogP contribution in [-0.4, -0.2) is 41.1 Å². The summed E-state index contributed by atoms with van der Waals surface area (Å²) in [7, 11) is 4.22. The van der Waals surface area contributed by atoms with E-state index in [0.717, 1.165) is 24.3 Å². The summed E-state index contributed by atoms with van der Waals surface area (Å²) in [5.74, 6) is 1.37. The predicted octanol–water partition coefficient (Wildman–Crippen LogP) is 3.35. The summed E-state index contributed by atoms with van der Waals surface area (Å²) < 4.78 is 5.95. The lowest BCUT2D eigenvalue weighted by Crippen LogP contribution is -2.46. The Bertz CT molecular complexity index is 626. The van der Waals surface area contributed by atoms with Crippen molar-refractivity contribution in [3.63, 3.8) is 0 Å². The molecule has 1 N–H and O–H groups in total. The molecule has 1 saturated carbocycles. The fourth-order valence-electron chi connectivity index (χ4n) is 2.39. The molecule has 2 aromatic rings. The number of benzene rings is 1. The van der Waals surface area contributed by atoms with E-state index in [9.17, 15) is 0 Å². The maximum Gasteiger partial charge on any atom is 0.228 e. The quantitative estimate of drug-likeness (QED) is 0.857. The fraction of sp³-hybridized carbons (Fsp3) is 0.375. The molecule has 0 bridgehead atoms. The monoisotopic (exact) mass is 318 g/mol. The van der Waals surface area contributed by atoms with Crippen LogP contribution in [0.5, 0.6) is 5.75 Å². The first-order valence-corrected chi connectivity index (χ1v) is 7.66. The van der Waals surface area contributed by atoms with E-state index in [0.29, 0.717) is 23.2 Å². The van der Waals surface area contributed by atoms with E-state index >= 15 is 0 Å². The summed E-state index contributed by atoms with van der Waals surface area (Å²) in [4.78, 5) is 10.5. The smallest absolute Gasteiger partial charge is 0.228 e. The lowest BCUT2D eigenvalue weighted by molar-refractivity contribution is 0.0401. The van der Waals surface area contributed by atoms with Crippen molar-refractivity contribution in [2.24, 2.45) is 0 Å². The van der Waals surface area contributed by atoms with Crippen LogP contribution < -0.4 is 10.1 Å². The van der Waals surface area contributed by atoms with Crippen LogP contribution in [0.4, 0.5) is 11.6 Å². The number of anilines is 2. The first kappa shape index (κ1) is 15.1. The molecule has 22 heavy (non-hydrogen) atoms. The fourth-order valence-corrected chi connectivity index (χ4v) is 2.53. The molecule has 0 saturated heterocycles. The molecular formula is C16H19ClN4O. The molecule has 1 fully saturated rings. The molecule has 0 amide bonds. The van der Waals surface area contributed by atoms with Crippen molar-refractivity contribution >= 4 is 23.2 Å². The molecule has 5 nitrogen and oxygen atoms in total. The Kier molecular flexibility index (Phi) is 4.45. The van der Waals surface area contributed by atoms with E-state index in [1.165, 1.54) is 0 Å². The van der Waals surface area contributed by atoms with E-state index < -0.39 is 0 Å². The van der Waals surface area contributed by atoms with Crippen molar-refractivity contribution in [3.05, 3.63) is 41.7 Å². The maximum atomic E-state index is 5.95. The Morgan fingerprint density at radius 2 is 1.91 bits per heavy atom. The Balaban J connectivity index is 1.55. The molecule has 0 radical (unpaired) electrons. The Morgan fingerprint density at radius 3 is 2.55 bits per heavy atom. The number of hydrogen-bond donors (Lipinski definition) is 1. The maximum absolute atomic E-state index is 5.95. The molecule has 1 aromatic heterocycles. The molecule has 1 aliphatic carbocycles. The summed E-state index contributed by atoms with van der Waals surface area (Å²) in [6, 6.07) is 10.1. The van der Waals surface area contributed by atoms with Crippen LogP contribution in [-0.2, 0) is 0 Å². The van der Waals surface area contributed by atoms with Gasteiger partial charge in [0, 0.05) is 17.9 Å². The summed E-state index contributed by atoms with van der Waals surface area (Å²) in [5, 5.41) is 3.52. The minimum Gasteiger partial charge on any atom is -0.490 e. The molecule has 6 heteroatoms. The molecule has 0 atom stereocenters. The van der Waals surface area contributed by atoms with Crippen molar-refractivity contribution in [2.75, 3.05) is 19.4 Å². The highest BCUT2D eigenvalue weighted by molar-refractivity contribution is 6.29. The molecule has 1 aromatic carbocycles. The molecule has 3 rings (SSSR count). The van der Waals surface area contributed by atoms with Crippen LogP contribution in [0.15, 0.2) is 36.5 Å². The number of aromatic nitrogens is 2. The zero-order valence-corrected chi connectivity index (χ0v) is 13.4. The van der Waals surface area contributed by atoms with E-state index in [2.05, 4.69) is 34.3 Å². The van der Waals surface area contributed by atoms with E-state index in [-0.39, 0.29) is 0 Å². The number of halogens is 1. The van der Waals surface area contributed by atoms with Crippen molar-refractivity contribution in [3.8, 4) is 5.75 Å². The van der Waals surface area contributed by atoms with Crippen LogP contribution in [0, 0.1) is 0 Å². The molecule has 1 heterocycles. The normalized spacial score (nSPS) is 20.5. The highest BCUT2D eigenvalue weighted by atomic mass is 35.5. The lowest BCUT2D eigenvalue weighted by atomic mass is 9.88. The van der Waals surface area contributed by atoms with Crippen molar-refractivity contribution in [1.29, 1.82) is 0 Å². The molecule has 0 spiro atoms. The molecule has 1 aliphatic rings. The Morgan fingerprint density at radius 1 is 1.18 bits per heavy atom.